The third kappa shape index (κ3) is 3.32. The van der Waals surface area contributed by atoms with E-state index in [1.54, 1.807) is 14.2 Å². The number of piperidine rings is 1. The van der Waals surface area contributed by atoms with Gasteiger partial charge in [-0.2, -0.15) is 0 Å². The minimum atomic E-state index is 0.776. The van der Waals surface area contributed by atoms with Gasteiger partial charge in [0.15, 0.2) is 0 Å². The summed E-state index contributed by atoms with van der Waals surface area (Å²) in [4.78, 5) is 2.38. The van der Waals surface area contributed by atoms with Crippen molar-refractivity contribution in [1.29, 1.82) is 0 Å². The van der Waals surface area contributed by atoms with Crippen molar-refractivity contribution in [3.63, 3.8) is 0 Å². The second kappa shape index (κ2) is 6.66. The molecule has 0 aromatic heterocycles. The van der Waals surface area contributed by atoms with Crippen molar-refractivity contribution in [3.05, 3.63) is 18.2 Å². The Kier molecular flexibility index (Phi) is 4.91. The maximum absolute atomic E-state index is 5.64. The van der Waals surface area contributed by atoms with Gasteiger partial charge in [-0.3, -0.25) is 0 Å². The highest BCUT2D eigenvalue weighted by Gasteiger charge is 2.21. The van der Waals surface area contributed by atoms with Gasteiger partial charge in [0.2, 0.25) is 0 Å². The van der Waals surface area contributed by atoms with Crippen molar-refractivity contribution < 1.29 is 9.47 Å². The molecular formula is C15H24N2O2. The van der Waals surface area contributed by atoms with Gasteiger partial charge in [0.25, 0.3) is 0 Å². The predicted octanol–water partition coefficient (Wildman–Crippen LogP) is 2.27. The molecule has 0 bridgehead atoms. The van der Waals surface area contributed by atoms with Crippen molar-refractivity contribution >= 4 is 5.69 Å². The molecule has 1 aromatic carbocycles. The number of nitrogens with two attached hydrogens (primary N) is 1. The SMILES string of the molecule is COc1ccc(OC)c(N2CCC(CCN)CC2)c1. The van der Waals surface area contributed by atoms with Gasteiger partial charge in [-0.05, 0) is 43.9 Å². The van der Waals surface area contributed by atoms with E-state index < -0.39 is 0 Å². The molecule has 2 N–H and O–H groups in total. The molecule has 1 aromatic rings. The van der Waals surface area contributed by atoms with Crippen molar-refractivity contribution in [3.8, 4) is 11.5 Å². The van der Waals surface area contributed by atoms with Crippen LogP contribution in [0.5, 0.6) is 11.5 Å². The first-order valence-electron chi connectivity index (χ1n) is 6.95. The van der Waals surface area contributed by atoms with Gasteiger partial charge in [0.1, 0.15) is 11.5 Å². The lowest BCUT2D eigenvalue weighted by Crippen LogP contribution is -2.34. The lowest BCUT2D eigenvalue weighted by molar-refractivity contribution is 0.376. The maximum Gasteiger partial charge on any atom is 0.142 e. The number of rotatable bonds is 5. The van der Waals surface area contributed by atoms with Crippen molar-refractivity contribution in [2.24, 2.45) is 11.7 Å². The zero-order valence-electron chi connectivity index (χ0n) is 11.9. The topological polar surface area (TPSA) is 47.7 Å². The van der Waals surface area contributed by atoms with E-state index in [2.05, 4.69) is 11.0 Å². The van der Waals surface area contributed by atoms with Crippen LogP contribution >= 0.6 is 0 Å². The van der Waals surface area contributed by atoms with Crippen LogP contribution in [0.4, 0.5) is 5.69 Å². The monoisotopic (exact) mass is 264 g/mol. The Bertz CT molecular complexity index is 401. The van der Waals surface area contributed by atoms with Gasteiger partial charge in [-0.15, -0.1) is 0 Å². The largest absolute Gasteiger partial charge is 0.497 e. The van der Waals surface area contributed by atoms with Crippen molar-refractivity contribution in [2.75, 3.05) is 38.8 Å². The van der Waals surface area contributed by atoms with Crippen LogP contribution in [0.2, 0.25) is 0 Å². The first-order chi connectivity index (χ1) is 9.28. The smallest absolute Gasteiger partial charge is 0.142 e. The number of hydrogen-bond acceptors (Lipinski definition) is 4. The summed E-state index contributed by atoms with van der Waals surface area (Å²) < 4.78 is 10.8. The average molecular weight is 264 g/mol. The molecular weight excluding hydrogens is 240 g/mol. The van der Waals surface area contributed by atoms with E-state index in [9.17, 15) is 0 Å². The quantitative estimate of drug-likeness (QED) is 0.886. The Balaban J connectivity index is 2.09. The van der Waals surface area contributed by atoms with E-state index in [4.69, 9.17) is 15.2 Å². The fraction of sp³-hybridized carbons (Fsp3) is 0.600. The third-order valence-electron chi connectivity index (χ3n) is 3.92. The van der Waals surface area contributed by atoms with Gasteiger partial charge >= 0.3 is 0 Å². The van der Waals surface area contributed by atoms with Gasteiger partial charge < -0.3 is 20.1 Å². The van der Waals surface area contributed by atoms with E-state index >= 15 is 0 Å². The number of nitrogens with zero attached hydrogens (tertiary/aromatic N) is 1. The van der Waals surface area contributed by atoms with Crippen LogP contribution in [0.3, 0.4) is 0 Å². The molecule has 0 radical (unpaired) electrons. The van der Waals surface area contributed by atoms with Crippen LogP contribution in [0, 0.1) is 5.92 Å². The van der Waals surface area contributed by atoms with Crippen LogP contribution < -0.4 is 20.1 Å². The highest BCUT2D eigenvalue weighted by molar-refractivity contribution is 5.61. The molecule has 0 atom stereocenters. The molecule has 19 heavy (non-hydrogen) atoms. The first kappa shape index (κ1) is 14.0. The molecule has 106 valence electrons. The third-order valence-corrected chi connectivity index (χ3v) is 3.92. The number of hydrogen-bond donors (Lipinski definition) is 1. The molecule has 0 unspecified atom stereocenters. The number of ether oxygens (including phenoxy) is 2. The highest BCUT2D eigenvalue weighted by Crippen LogP contribution is 2.35. The highest BCUT2D eigenvalue weighted by atomic mass is 16.5. The number of methoxy groups -OCH3 is 2. The van der Waals surface area contributed by atoms with Gasteiger partial charge in [-0.1, -0.05) is 0 Å². The fourth-order valence-electron chi connectivity index (χ4n) is 2.74. The molecule has 0 saturated carbocycles. The Morgan fingerprint density at radius 1 is 1.21 bits per heavy atom. The number of anilines is 1. The van der Waals surface area contributed by atoms with Crippen LogP contribution in [-0.4, -0.2) is 33.9 Å². The number of benzene rings is 1. The predicted molar refractivity (Wildman–Crippen MR) is 78.2 cm³/mol. The zero-order chi connectivity index (χ0) is 13.7. The summed E-state index contributed by atoms with van der Waals surface area (Å²) in [7, 11) is 3.41. The van der Waals surface area contributed by atoms with E-state index in [1.807, 2.05) is 12.1 Å². The fourth-order valence-corrected chi connectivity index (χ4v) is 2.74. The summed E-state index contributed by atoms with van der Waals surface area (Å²) in [5.41, 5.74) is 6.77. The molecule has 1 saturated heterocycles. The first-order valence-corrected chi connectivity index (χ1v) is 6.95. The summed E-state index contributed by atoms with van der Waals surface area (Å²) in [6, 6.07) is 5.96. The molecule has 0 aliphatic carbocycles. The summed E-state index contributed by atoms with van der Waals surface area (Å²) in [6.45, 7) is 2.93. The van der Waals surface area contributed by atoms with Crippen LogP contribution in [0.25, 0.3) is 0 Å². The van der Waals surface area contributed by atoms with E-state index in [0.29, 0.717) is 0 Å². The van der Waals surface area contributed by atoms with Gasteiger partial charge in [0, 0.05) is 19.2 Å². The standard InChI is InChI=1S/C15H24N2O2/c1-18-13-3-4-15(19-2)14(11-13)17-9-6-12(5-8-16)7-10-17/h3-4,11-12H,5-10,16H2,1-2H3. The summed E-state index contributed by atoms with van der Waals surface area (Å²) in [5.74, 6) is 2.57. The molecule has 0 amide bonds. The average Bonchev–Trinajstić information content (AvgIpc) is 2.47. The van der Waals surface area contributed by atoms with Crippen LogP contribution in [0.15, 0.2) is 18.2 Å². The maximum atomic E-state index is 5.64. The molecule has 4 nitrogen and oxygen atoms in total. The van der Waals surface area contributed by atoms with Gasteiger partial charge in [0.05, 0.1) is 19.9 Å². The lowest BCUT2D eigenvalue weighted by Gasteiger charge is -2.34. The van der Waals surface area contributed by atoms with Crippen molar-refractivity contribution in [2.45, 2.75) is 19.3 Å². The summed E-state index contributed by atoms with van der Waals surface area (Å²) in [5, 5.41) is 0. The Morgan fingerprint density at radius 3 is 2.53 bits per heavy atom. The molecule has 4 heteroatoms. The minimum absolute atomic E-state index is 0.776. The Labute approximate surface area is 115 Å². The summed E-state index contributed by atoms with van der Waals surface area (Å²) in [6.07, 6.45) is 3.55. The second-order valence-corrected chi connectivity index (χ2v) is 5.05. The van der Waals surface area contributed by atoms with Crippen LogP contribution in [0.1, 0.15) is 19.3 Å². The molecule has 1 fully saturated rings. The zero-order valence-corrected chi connectivity index (χ0v) is 11.9. The molecule has 1 aliphatic rings. The van der Waals surface area contributed by atoms with Crippen LogP contribution in [-0.2, 0) is 0 Å². The van der Waals surface area contributed by atoms with E-state index in [-0.39, 0.29) is 0 Å². The molecule has 1 aliphatic heterocycles. The molecule has 1 heterocycles. The second-order valence-electron chi connectivity index (χ2n) is 5.05. The Hall–Kier alpha value is -1.42. The van der Waals surface area contributed by atoms with Gasteiger partial charge in [-0.25, -0.2) is 0 Å². The lowest BCUT2D eigenvalue weighted by atomic mass is 9.93. The van der Waals surface area contributed by atoms with E-state index in [0.717, 1.165) is 49.2 Å². The summed E-state index contributed by atoms with van der Waals surface area (Å²) >= 11 is 0. The van der Waals surface area contributed by atoms with E-state index in [1.165, 1.54) is 12.8 Å². The normalized spacial score (nSPS) is 16.5. The molecule has 0 spiro atoms. The van der Waals surface area contributed by atoms with Crippen molar-refractivity contribution in [1.82, 2.24) is 0 Å². The minimum Gasteiger partial charge on any atom is -0.497 e. The Morgan fingerprint density at radius 2 is 1.95 bits per heavy atom. The molecule has 2 rings (SSSR count).